The monoisotopic (exact) mass is 271 g/mol. The highest BCUT2D eigenvalue weighted by Crippen LogP contribution is 2.31. The molecular formula is C11H12F3N5. The topological polar surface area (TPSA) is 68.8 Å². The summed E-state index contributed by atoms with van der Waals surface area (Å²) in [6, 6.07) is 1.80. The van der Waals surface area contributed by atoms with Gasteiger partial charge in [0.05, 0.1) is 11.3 Å². The molecule has 0 unspecified atom stereocenters. The molecule has 8 heteroatoms. The van der Waals surface area contributed by atoms with E-state index in [1.165, 1.54) is 10.9 Å². The number of hydrazine groups is 1. The molecule has 102 valence electrons. The quantitative estimate of drug-likeness (QED) is 0.649. The third kappa shape index (κ3) is 2.53. The third-order valence-corrected chi connectivity index (χ3v) is 2.79. The summed E-state index contributed by atoms with van der Waals surface area (Å²) in [7, 11) is 0. The molecule has 2 aromatic heterocycles. The molecule has 19 heavy (non-hydrogen) atoms. The van der Waals surface area contributed by atoms with E-state index in [1.54, 1.807) is 13.8 Å². The van der Waals surface area contributed by atoms with Crippen molar-refractivity contribution < 1.29 is 13.2 Å². The summed E-state index contributed by atoms with van der Waals surface area (Å²) in [5.41, 5.74) is 2.75. The molecule has 0 aromatic carbocycles. The average Bonchev–Trinajstić information content (AvgIpc) is 2.68. The lowest BCUT2D eigenvalue weighted by molar-refractivity contribution is -0.137. The summed E-state index contributed by atoms with van der Waals surface area (Å²) in [6.45, 7) is 3.52. The van der Waals surface area contributed by atoms with Gasteiger partial charge < -0.3 is 5.43 Å². The van der Waals surface area contributed by atoms with Crippen LogP contribution in [0.3, 0.4) is 0 Å². The van der Waals surface area contributed by atoms with Crippen LogP contribution >= 0.6 is 0 Å². The SMILES string of the molecule is Cc1ncn(-c2cc(C(F)(F)F)cc(NN)n2)c1C. The number of aromatic nitrogens is 3. The van der Waals surface area contributed by atoms with Gasteiger partial charge in [-0.2, -0.15) is 13.2 Å². The molecular weight excluding hydrogens is 259 g/mol. The maximum Gasteiger partial charge on any atom is 0.416 e. The van der Waals surface area contributed by atoms with Gasteiger partial charge in [-0.3, -0.25) is 4.57 Å². The van der Waals surface area contributed by atoms with Crippen molar-refractivity contribution in [3.8, 4) is 5.82 Å². The summed E-state index contributed by atoms with van der Waals surface area (Å²) in [5, 5.41) is 0. The van der Waals surface area contributed by atoms with Crippen LogP contribution in [0.25, 0.3) is 5.82 Å². The second kappa shape index (κ2) is 4.54. The molecule has 0 radical (unpaired) electrons. The van der Waals surface area contributed by atoms with Crippen molar-refractivity contribution in [3.63, 3.8) is 0 Å². The number of nitrogens with one attached hydrogen (secondary N) is 1. The molecule has 0 bridgehead atoms. The van der Waals surface area contributed by atoms with Gasteiger partial charge in [-0.25, -0.2) is 15.8 Å². The van der Waals surface area contributed by atoms with E-state index in [-0.39, 0.29) is 11.6 Å². The molecule has 0 aliphatic heterocycles. The van der Waals surface area contributed by atoms with E-state index >= 15 is 0 Å². The van der Waals surface area contributed by atoms with Crippen LogP contribution < -0.4 is 11.3 Å². The first-order chi connectivity index (χ1) is 8.82. The van der Waals surface area contributed by atoms with Gasteiger partial charge in [0.25, 0.3) is 0 Å². The Kier molecular flexibility index (Phi) is 3.19. The number of rotatable bonds is 2. The van der Waals surface area contributed by atoms with Gasteiger partial charge in [0.15, 0.2) is 0 Å². The number of imidazole rings is 1. The van der Waals surface area contributed by atoms with Gasteiger partial charge in [-0.1, -0.05) is 0 Å². The molecule has 0 atom stereocenters. The molecule has 2 heterocycles. The molecule has 3 N–H and O–H groups in total. The van der Waals surface area contributed by atoms with Crippen LogP contribution in [0.15, 0.2) is 18.5 Å². The summed E-state index contributed by atoms with van der Waals surface area (Å²) in [4.78, 5) is 8.03. The fourth-order valence-corrected chi connectivity index (χ4v) is 1.61. The zero-order valence-corrected chi connectivity index (χ0v) is 10.3. The van der Waals surface area contributed by atoms with Crippen molar-refractivity contribution in [1.29, 1.82) is 0 Å². The van der Waals surface area contributed by atoms with Gasteiger partial charge in [0, 0.05) is 5.69 Å². The van der Waals surface area contributed by atoms with E-state index in [9.17, 15) is 13.2 Å². The Morgan fingerprint density at radius 1 is 1.26 bits per heavy atom. The number of anilines is 1. The maximum atomic E-state index is 12.8. The Morgan fingerprint density at radius 2 is 1.95 bits per heavy atom. The standard InChI is InChI=1S/C11H12F3N5/c1-6-7(2)19(5-16-6)10-4-8(11(12,13)14)3-9(17-10)18-15/h3-5H,15H2,1-2H3,(H,17,18). The Morgan fingerprint density at radius 3 is 2.42 bits per heavy atom. The molecule has 0 amide bonds. The second-order valence-electron chi connectivity index (χ2n) is 4.03. The Labute approximate surface area is 107 Å². The van der Waals surface area contributed by atoms with Gasteiger partial charge in [-0.15, -0.1) is 0 Å². The zero-order chi connectivity index (χ0) is 14.2. The number of aryl methyl sites for hydroxylation is 1. The van der Waals surface area contributed by atoms with E-state index in [0.29, 0.717) is 0 Å². The van der Waals surface area contributed by atoms with Crippen LogP contribution in [0.4, 0.5) is 19.0 Å². The smallest absolute Gasteiger partial charge is 0.308 e. The van der Waals surface area contributed by atoms with Gasteiger partial charge in [0.1, 0.15) is 18.0 Å². The maximum absolute atomic E-state index is 12.8. The van der Waals surface area contributed by atoms with E-state index < -0.39 is 11.7 Å². The first kappa shape index (κ1) is 13.3. The van der Waals surface area contributed by atoms with E-state index in [2.05, 4.69) is 15.4 Å². The lowest BCUT2D eigenvalue weighted by atomic mass is 10.2. The molecule has 0 spiro atoms. The molecule has 2 aromatic rings. The number of hydrogen-bond donors (Lipinski definition) is 2. The Balaban J connectivity index is 2.61. The first-order valence-electron chi connectivity index (χ1n) is 5.39. The van der Waals surface area contributed by atoms with Crippen molar-refractivity contribution in [1.82, 2.24) is 14.5 Å². The number of nitrogens with two attached hydrogens (primary N) is 1. The van der Waals surface area contributed by atoms with Gasteiger partial charge >= 0.3 is 6.18 Å². The minimum atomic E-state index is -4.47. The lowest BCUT2D eigenvalue weighted by Crippen LogP contribution is -2.14. The molecule has 0 fully saturated rings. The molecule has 0 saturated heterocycles. The highest BCUT2D eigenvalue weighted by molar-refractivity contribution is 5.45. The fourth-order valence-electron chi connectivity index (χ4n) is 1.61. The molecule has 2 rings (SSSR count). The predicted octanol–water partition coefficient (Wildman–Crippen LogP) is 2.19. The summed E-state index contributed by atoms with van der Waals surface area (Å²) in [5.74, 6) is 5.20. The van der Waals surface area contributed by atoms with E-state index in [4.69, 9.17) is 5.84 Å². The van der Waals surface area contributed by atoms with E-state index in [1.807, 2.05) is 0 Å². The van der Waals surface area contributed by atoms with Crippen molar-refractivity contribution in [2.45, 2.75) is 20.0 Å². The summed E-state index contributed by atoms with van der Waals surface area (Å²) >= 11 is 0. The Hall–Kier alpha value is -2.09. The van der Waals surface area contributed by atoms with Crippen molar-refractivity contribution in [2.75, 3.05) is 5.43 Å². The second-order valence-corrected chi connectivity index (χ2v) is 4.03. The average molecular weight is 271 g/mol. The molecule has 0 aliphatic carbocycles. The normalized spacial score (nSPS) is 11.7. The molecule has 0 aliphatic rings. The van der Waals surface area contributed by atoms with Crippen molar-refractivity contribution in [3.05, 3.63) is 35.4 Å². The number of nitrogen functional groups attached to an aromatic ring is 1. The Bertz CT molecular complexity index is 603. The van der Waals surface area contributed by atoms with Crippen LogP contribution in [0, 0.1) is 13.8 Å². The number of alkyl halides is 3. The minimum absolute atomic E-state index is 0.0596. The third-order valence-electron chi connectivity index (χ3n) is 2.79. The molecule has 5 nitrogen and oxygen atoms in total. The van der Waals surface area contributed by atoms with E-state index in [0.717, 1.165) is 23.5 Å². The van der Waals surface area contributed by atoms with Crippen molar-refractivity contribution >= 4 is 5.82 Å². The first-order valence-corrected chi connectivity index (χ1v) is 5.39. The summed E-state index contributed by atoms with van der Waals surface area (Å²) < 4.78 is 39.8. The number of pyridine rings is 1. The minimum Gasteiger partial charge on any atom is -0.308 e. The van der Waals surface area contributed by atoms with Crippen LogP contribution in [-0.4, -0.2) is 14.5 Å². The van der Waals surface area contributed by atoms with Crippen LogP contribution in [-0.2, 0) is 6.18 Å². The number of halogens is 3. The number of hydrogen-bond acceptors (Lipinski definition) is 4. The highest BCUT2D eigenvalue weighted by atomic mass is 19.4. The number of nitrogens with zero attached hydrogens (tertiary/aromatic N) is 3. The van der Waals surface area contributed by atoms with Crippen LogP contribution in [0.5, 0.6) is 0 Å². The van der Waals surface area contributed by atoms with Crippen LogP contribution in [0.2, 0.25) is 0 Å². The lowest BCUT2D eigenvalue weighted by Gasteiger charge is -2.12. The molecule has 0 saturated carbocycles. The summed E-state index contributed by atoms with van der Waals surface area (Å²) in [6.07, 6.45) is -3.04. The zero-order valence-electron chi connectivity index (χ0n) is 10.3. The van der Waals surface area contributed by atoms with Crippen LogP contribution in [0.1, 0.15) is 17.0 Å². The fraction of sp³-hybridized carbons (Fsp3) is 0.273. The largest absolute Gasteiger partial charge is 0.416 e. The van der Waals surface area contributed by atoms with Gasteiger partial charge in [-0.05, 0) is 26.0 Å². The highest BCUT2D eigenvalue weighted by Gasteiger charge is 2.32. The predicted molar refractivity (Wildman–Crippen MR) is 63.6 cm³/mol. The van der Waals surface area contributed by atoms with Crippen molar-refractivity contribution in [2.24, 2.45) is 5.84 Å². The van der Waals surface area contributed by atoms with Gasteiger partial charge in [0.2, 0.25) is 0 Å².